The Morgan fingerprint density at radius 2 is 1.88 bits per heavy atom. The van der Waals surface area contributed by atoms with E-state index in [9.17, 15) is 18.0 Å². The second-order valence-electron chi connectivity index (χ2n) is 5.35. The molecular formula is C16H17NO6S. The number of hydrogen-bond donors (Lipinski definition) is 2. The summed E-state index contributed by atoms with van der Waals surface area (Å²) < 4.78 is 28.8. The fourth-order valence-electron chi connectivity index (χ4n) is 2.18. The molecule has 0 aliphatic carbocycles. The van der Waals surface area contributed by atoms with Gasteiger partial charge in [-0.25, -0.2) is 13.2 Å². The van der Waals surface area contributed by atoms with E-state index in [1.807, 2.05) is 13.8 Å². The zero-order valence-corrected chi connectivity index (χ0v) is 14.2. The summed E-state index contributed by atoms with van der Waals surface area (Å²) in [6, 6.07) is 5.01. The van der Waals surface area contributed by atoms with Crippen molar-refractivity contribution < 1.29 is 27.5 Å². The topological polar surface area (TPSA) is 114 Å². The van der Waals surface area contributed by atoms with Crippen LogP contribution in [0.1, 0.15) is 39.2 Å². The first-order chi connectivity index (χ1) is 11.1. The fraction of sp³-hybridized carbons (Fsp3) is 0.250. The van der Waals surface area contributed by atoms with Crippen molar-refractivity contribution in [2.45, 2.75) is 25.2 Å². The van der Waals surface area contributed by atoms with Gasteiger partial charge in [-0.1, -0.05) is 6.92 Å². The van der Waals surface area contributed by atoms with E-state index < -0.39 is 21.7 Å². The monoisotopic (exact) mass is 351 g/mol. The summed E-state index contributed by atoms with van der Waals surface area (Å²) in [6.07, 6.45) is 1.59. The quantitative estimate of drug-likeness (QED) is 0.855. The summed E-state index contributed by atoms with van der Waals surface area (Å²) in [5.74, 6) is -1.12. The summed E-state index contributed by atoms with van der Waals surface area (Å²) in [6.45, 7) is 3.70. The molecule has 0 spiro atoms. The maximum absolute atomic E-state index is 12.2. The Balaban J connectivity index is 2.39. The molecule has 24 heavy (non-hydrogen) atoms. The predicted molar refractivity (Wildman–Crippen MR) is 87.3 cm³/mol. The lowest BCUT2D eigenvalue weighted by Gasteiger charge is -2.07. The Hall–Kier alpha value is -2.61. The van der Waals surface area contributed by atoms with E-state index in [2.05, 4.69) is 5.32 Å². The molecule has 0 fully saturated rings. The first kappa shape index (κ1) is 17.7. The van der Waals surface area contributed by atoms with Gasteiger partial charge < -0.3 is 14.8 Å². The van der Waals surface area contributed by atoms with Gasteiger partial charge in [-0.3, -0.25) is 4.79 Å². The molecule has 2 rings (SSSR count). The minimum absolute atomic E-state index is 0.0624. The molecule has 2 N–H and O–H groups in total. The van der Waals surface area contributed by atoms with Gasteiger partial charge >= 0.3 is 5.97 Å². The van der Waals surface area contributed by atoms with Crippen molar-refractivity contribution in [2.75, 3.05) is 11.6 Å². The van der Waals surface area contributed by atoms with Crippen LogP contribution in [0.25, 0.3) is 0 Å². The van der Waals surface area contributed by atoms with Crippen LogP contribution in [-0.2, 0) is 16.3 Å². The highest BCUT2D eigenvalue weighted by atomic mass is 32.2. The highest BCUT2D eigenvalue weighted by molar-refractivity contribution is 7.90. The molecule has 0 aliphatic heterocycles. The number of sulfone groups is 1. The summed E-state index contributed by atoms with van der Waals surface area (Å²) >= 11 is 0. The third kappa shape index (κ3) is 3.83. The number of nitrogens with one attached hydrogen (secondary N) is 1. The summed E-state index contributed by atoms with van der Waals surface area (Å²) in [5, 5.41) is 11.6. The standard InChI is InChI=1S/C16H17NO6S/c1-4-13-9(2)5-14(23-13)15(18)17-11-6-10(16(19)20)7-12(8-11)24(3,21)22/h5-8H,4H2,1-3H3,(H,17,18)(H,19,20). The van der Waals surface area contributed by atoms with E-state index in [0.717, 1.165) is 17.9 Å². The fourth-order valence-corrected chi connectivity index (χ4v) is 2.87. The molecule has 8 heteroatoms. The maximum atomic E-state index is 12.2. The van der Waals surface area contributed by atoms with E-state index in [1.165, 1.54) is 12.1 Å². The second-order valence-corrected chi connectivity index (χ2v) is 7.36. The van der Waals surface area contributed by atoms with Crippen LogP contribution in [0.4, 0.5) is 5.69 Å². The Labute approximate surface area is 139 Å². The first-order valence-electron chi connectivity index (χ1n) is 7.11. The number of benzene rings is 1. The number of aromatic carboxylic acids is 1. The largest absolute Gasteiger partial charge is 0.478 e. The Bertz CT molecular complexity index is 911. The Morgan fingerprint density at radius 1 is 1.21 bits per heavy atom. The zero-order valence-electron chi connectivity index (χ0n) is 13.4. The van der Waals surface area contributed by atoms with E-state index in [-0.39, 0.29) is 21.9 Å². The zero-order chi connectivity index (χ0) is 18.1. The van der Waals surface area contributed by atoms with Gasteiger partial charge in [0.25, 0.3) is 5.91 Å². The van der Waals surface area contributed by atoms with Gasteiger partial charge in [0, 0.05) is 18.4 Å². The molecule has 0 aliphatic rings. The van der Waals surface area contributed by atoms with Crippen LogP contribution in [0, 0.1) is 6.92 Å². The molecule has 0 bridgehead atoms. The van der Waals surface area contributed by atoms with E-state index in [1.54, 1.807) is 6.07 Å². The second kappa shape index (κ2) is 6.48. The van der Waals surface area contributed by atoms with Gasteiger partial charge in [-0.05, 0) is 36.8 Å². The van der Waals surface area contributed by atoms with Crippen LogP contribution in [0.15, 0.2) is 33.6 Å². The van der Waals surface area contributed by atoms with Crippen LogP contribution in [-0.4, -0.2) is 31.7 Å². The summed E-state index contributed by atoms with van der Waals surface area (Å²) in [7, 11) is -3.63. The van der Waals surface area contributed by atoms with Gasteiger partial charge in [0.15, 0.2) is 15.6 Å². The highest BCUT2D eigenvalue weighted by Crippen LogP contribution is 2.21. The SMILES string of the molecule is CCc1oc(C(=O)Nc2cc(C(=O)O)cc(S(C)(=O)=O)c2)cc1C. The molecule has 1 heterocycles. The maximum Gasteiger partial charge on any atom is 0.335 e. The molecule has 0 radical (unpaired) electrons. The number of furan rings is 1. The van der Waals surface area contributed by atoms with Crippen LogP contribution in [0.2, 0.25) is 0 Å². The molecule has 1 aromatic heterocycles. The highest BCUT2D eigenvalue weighted by Gasteiger charge is 2.17. The number of carboxylic acids is 1. The smallest absolute Gasteiger partial charge is 0.335 e. The van der Waals surface area contributed by atoms with Crippen LogP contribution >= 0.6 is 0 Å². The number of anilines is 1. The number of rotatable bonds is 5. The molecule has 128 valence electrons. The molecule has 1 amide bonds. The minimum atomic E-state index is -3.63. The normalized spacial score (nSPS) is 11.3. The Kier molecular flexibility index (Phi) is 4.79. The number of carbonyl (C=O) groups excluding carboxylic acids is 1. The number of carbonyl (C=O) groups is 2. The number of aryl methyl sites for hydroxylation is 2. The van der Waals surface area contributed by atoms with E-state index in [0.29, 0.717) is 12.2 Å². The predicted octanol–water partition coefficient (Wildman–Crippen LogP) is 2.50. The average molecular weight is 351 g/mol. The van der Waals surface area contributed by atoms with Crippen molar-refractivity contribution in [1.82, 2.24) is 0 Å². The van der Waals surface area contributed by atoms with Crippen molar-refractivity contribution in [3.8, 4) is 0 Å². The van der Waals surface area contributed by atoms with Crippen LogP contribution < -0.4 is 5.32 Å². The third-order valence-electron chi connectivity index (χ3n) is 3.40. The summed E-state index contributed by atoms with van der Waals surface area (Å²) in [5.41, 5.74) is 0.657. The van der Waals surface area contributed by atoms with Gasteiger partial charge in [-0.15, -0.1) is 0 Å². The van der Waals surface area contributed by atoms with Gasteiger partial charge in [0.1, 0.15) is 5.76 Å². The lowest BCUT2D eigenvalue weighted by molar-refractivity contribution is 0.0696. The van der Waals surface area contributed by atoms with Gasteiger partial charge in [0.05, 0.1) is 10.5 Å². The number of carboxylic acid groups (broad SMARTS) is 1. The van der Waals surface area contributed by atoms with Crippen molar-refractivity contribution in [1.29, 1.82) is 0 Å². The van der Waals surface area contributed by atoms with Gasteiger partial charge in [0.2, 0.25) is 0 Å². The van der Waals surface area contributed by atoms with Crippen molar-refractivity contribution >= 4 is 27.4 Å². The van der Waals surface area contributed by atoms with E-state index >= 15 is 0 Å². The number of hydrogen-bond acceptors (Lipinski definition) is 5. The molecule has 0 atom stereocenters. The van der Waals surface area contributed by atoms with Crippen LogP contribution in [0.5, 0.6) is 0 Å². The van der Waals surface area contributed by atoms with E-state index in [4.69, 9.17) is 9.52 Å². The molecule has 0 unspecified atom stereocenters. The minimum Gasteiger partial charge on any atom is -0.478 e. The molecule has 0 saturated heterocycles. The Morgan fingerprint density at radius 3 is 2.38 bits per heavy atom. The van der Waals surface area contributed by atoms with Crippen LogP contribution in [0.3, 0.4) is 0 Å². The van der Waals surface area contributed by atoms with Crippen molar-refractivity contribution in [2.24, 2.45) is 0 Å². The average Bonchev–Trinajstić information content (AvgIpc) is 2.87. The number of amides is 1. The third-order valence-corrected chi connectivity index (χ3v) is 4.50. The summed E-state index contributed by atoms with van der Waals surface area (Å²) in [4.78, 5) is 23.2. The molecule has 2 aromatic rings. The molecule has 0 saturated carbocycles. The first-order valence-corrected chi connectivity index (χ1v) is 9.00. The van der Waals surface area contributed by atoms with Crippen molar-refractivity contribution in [3.63, 3.8) is 0 Å². The van der Waals surface area contributed by atoms with Crippen molar-refractivity contribution in [3.05, 3.63) is 46.9 Å². The van der Waals surface area contributed by atoms with Gasteiger partial charge in [-0.2, -0.15) is 0 Å². The molecule has 7 nitrogen and oxygen atoms in total. The lowest BCUT2D eigenvalue weighted by atomic mass is 10.2. The molecule has 1 aromatic carbocycles. The molecular weight excluding hydrogens is 334 g/mol. The lowest BCUT2D eigenvalue weighted by Crippen LogP contribution is -2.13.